The number of hydrogen-bond donors (Lipinski definition) is 0. The van der Waals surface area contributed by atoms with Gasteiger partial charge in [-0.15, -0.1) is 0 Å². The molecule has 0 saturated heterocycles. The molecular weight excluding hydrogens is 266 g/mol. The van der Waals surface area contributed by atoms with Crippen molar-refractivity contribution >= 4 is 10.9 Å². The van der Waals surface area contributed by atoms with Gasteiger partial charge in [-0.05, 0) is 49.1 Å². The maximum atomic E-state index is 4.43. The molecular formula is C21H23N. The van der Waals surface area contributed by atoms with Crippen LogP contribution in [0, 0.1) is 19.8 Å². The first-order chi connectivity index (χ1) is 10.5. The van der Waals surface area contributed by atoms with E-state index in [0.29, 0.717) is 11.8 Å². The highest BCUT2D eigenvalue weighted by molar-refractivity contribution is 5.79. The molecule has 0 radical (unpaired) electrons. The van der Waals surface area contributed by atoms with Crippen molar-refractivity contribution < 1.29 is 0 Å². The van der Waals surface area contributed by atoms with Crippen LogP contribution in [0.5, 0.6) is 0 Å². The Morgan fingerprint density at radius 3 is 2.23 bits per heavy atom. The number of aromatic nitrogens is 1. The van der Waals surface area contributed by atoms with Crippen LogP contribution in [0.4, 0.5) is 0 Å². The zero-order valence-electron chi connectivity index (χ0n) is 13.8. The Labute approximate surface area is 133 Å². The second-order valence-electron chi connectivity index (χ2n) is 6.60. The van der Waals surface area contributed by atoms with Gasteiger partial charge in [0.2, 0.25) is 0 Å². The minimum Gasteiger partial charge on any atom is -0.256 e. The van der Waals surface area contributed by atoms with Gasteiger partial charge in [-0.1, -0.05) is 55.3 Å². The van der Waals surface area contributed by atoms with Gasteiger partial charge in [-0.2, -0.15) is 0 Å². The number of fused-ring (bicyclic) bond motifs is 1. The molecule has 0 saturated carbocycles. The Balaban J connectivity index is 2.13. The Bertz CT molecular complexity index is 782. The second-order valence-corrected chi connectivity index (χ2v) is 6.60. The average Bonchev–Trinajstić information content (AvgIpc) is 2.46. The van der Waals surface area contributed by atoms with Crippen molar-refractivity contribution in [3.8, 4) is 0 Å². The first-order valence-electron chi connectivity index (χ1n) is 7.97. The lowest BCUT2D eigenvalue weighted by molar-refractivity contribution is 0.564. The summed E-state index contributed by atoms with van der Waals surface area (Å²) < 4.78 is 0. The van der Waals surface area contributed by atoms with Gasteiger partial charge in [-0.3, -0.25) is 4.98 Å². The van der Waals surface area contributed by atoms with Crippen LogP contribution in [0.1, 0.15) is 42.0 Å². The van der Waals surface area contributed by atoms with Crippen LogP contribution in [0.2, 0.25) is 0 Å². The van der Waals surface area contributed by atoms with E-state index in [9.17, 15) is 0 Å². The maximum absolute atomic E-state index is 4.43. The van der Waals surface area contributed by atoms with Crippen molar-refractivity contribution in [2.75, 3.05) is 0 Å². The predicted octanol–water partition coefficient (Wildman–Crippen LogP) is 5.64. The minimum atomic E-state index is 0.420. The largest absolute Gasteiger partial charge is 0.256 e. The SMILES string of the molecule is Cc1cc(C)cc(C(c2ccc3ncccc3c2)C(C)C)c1. The number of rotatable bonds is 3. The Morgan fingerprint density at radius 1 is 0.818 bits per heavy atom. The summed E-state index contributed by atoms with van der Waals surface area (Å²) in [6.45, 7) is 8.96. The van der Waals surface area contributed by atoms with Crippen molar-refractivity contribution in [1.29, 1.82) is 0 Å². The fourth-order valence-corrected chi connectivity index (χ4v) is 3.44. The van der Waals surface area contributed by atoms with Crippen LogP contribution in [-0.2, 0) is 0 Å². The van der Waals surface area contributed by atoms with Crippen LogP contribution in [0.25, 0.3) is 10.9 Å². The molecule has 3 aromatic rings. The number of pyridine rings is 1. The molecule has 0 fully saturated rings. The lowest BCUT2D eigenvalue weighted by atomic mass is 9.81. The minimum absolute atomic E-state index is 0.420. The summed E-state index contributed by atoms with van der Waals surface area (Å²) in [6, 6.07) is 17.7. The van der Waals surface area contributed by atoms with Crippen molar-refractivity contribution in [2.24, 2.45) is 5.92 Å². The van der Waals surface area contributed by atoms with E-state index in [1.165, 1.54) is 27.6 Å². The molecule has 0 spiro atoms. The third-order valence-electron chi connectivity index (χ3n) is 4.26. The molecule has 0 aliphatic heterocycles. The molecule has 2 aromatic carbocycles. The molecule has 22 heavy (non-hydrogen) atoms. The molecule has 0 N–H and O–H groups in total. The van der Waals surface area contributed by atoms with E-state index in [2.05, 4.69) is 75.1 Å². The Kier molecular flexibility index (Phi) is 3.98. The van der Waals surface area contributed by atoms with Gasteiger partial charge < -0.3 is 0 Å². The van der Waals surface area contributed by atoms with Gasteiger partial charge in [0.05, 0.1) is 5.52 Å². The Hall–Kier alpha value is -2.15. The molecule has 1 nitrogen and oxygen atoms in total. The van der Waals surface area contributed by atoms with E-state index in [0.717, 1.165) is 5.52 Å². The van der Waals surface area contributed by atoms with Gasteiger partial charge in [-0.25, -0.2) is 0 Å². The third kappa shape index (κ3) is 2.89. The smallest absolute Gasteiger partial charge is 0.0702 e. The monoisotopic (exact) mass is 289 g/mol. The topological polar surface area (TPSA) is 12.9 Å². The van der Waals surface area contributed by atoms with Crippen LogP contribution < -0.4 is 0 Å². The second kappa shape index (κ2) is 5.92. The van der Waals surface area contributed by atoms with Crippen molar-refractivity contribution in [3.63, 3.8) is 0 Å². The van der Waals surface area contributed by atoms with Gasteiger partial charge in [0.15, 0.2) is 0 Å². The van der Waals surface area contributed by atoms with E-state index >= 15 is 0 Å². The molecule has 0 amide bonds. The molecule has 0 aliphatic carbocycles. The highest BCUT2D eigenvalue weighted by Gasteiger charge is 2.19. The maximum Gasteiger partial charge on any atom is 0.0702 e. The first kappa shape index (κ1) is 14.8. The van der Waals surface area contributed by atoms with Crippen molar-refractivity contribution in [2.45, 2.75) is 33.6 Å². The predicted molar refractivity (Wildman–Crippen MR) is 94.3 cm³/mol. The zero-order chi connectivity index (χ0) is 15.7. The van der Waals surface area contributed by atoms with Gasteiger partial charge >= 0.3 is 0 Å². The number of benzene rings is 2. The van der Waals surface area contributed by atoms with Gasteiger partial charge in [0.25, 0.3) is 0 Å². The summed E-state index contributed by atoms with van der Waals surface area (Å²) in [6.07, 6.45) is 1.85. The fourth-order valence-electron chi connectivity index (χ4n) is 3.44. The van der Waals surface area contributed by atoms with Crippen LogP contribution in [0.3, 0.4) is 0 Å². The first-order valence-corrected chi connectivity index (χ1v) is 7.97. The summed E-state index contributed by atoms with van der Waals surface area (Å²) in [5.74, 6) is 0.971. The van der Waals surface area contributed by atoms with Crippen LogP contribution in [0.15, 0.2) is 54.7 Å². The molecule has 1 heterocycles. The van der Waals surface area contributed by atoms with E-state index in [-0.39, 0.29) is 0 Å². The number of hydrogen-bond acceptors (Lipinski definition) is 1. The average molecular weight is 289 g/mol. The standard InChI is InChI=1S/C21H23N/c1-14(2)21(19-11-15(3)10-16(4)12-19)18-7-8-20-17(13-18)6-5-9-22-20/h5-14,21H,1-4H3. The quantitative estimate of drug-likeness (QED) is 0.608. The van der Waals surface area contributed by atoms with Gasteiger partial charge in [0, 0.05) is 17.5 Å². The van der Waals surface area contributed by atoms with Crippen molar-refractivity contribution in [1.82, 2.24) is 4.98 Å². The number of nitrogens with zero attached hydrogens (tertiary/aromatic N) is 1. The molecule has 1 aromatic heterocycles. The van der Waals surface area contributed by atoms with E-state index in [4.69, 9.17) is 0 Å². The van der Waals surface area contributed by atoms with Gasteiger partial charge in [0.1, 0.15) is 0 Å². The lowest BCUT2D eigenvalue weighted by Gasteiger charge is -2.23. The molecule has 1 unspecified atom stereocenters. The normalized spacial score (nSPS) is 12.8. The molecule has 112 valence electrons. The molecule has 0 aliphatic rings. The zero-order valence-corrected chi connectivity index (χ0v) is 13.8. The van der Waals surface area contributed by atoms with E-state index < -0.39 is 0 Å². The molecule has 0 bridgehead atoms. The van der Waals surface area contributed by atoms with Crippen LogP contribution in [-0.4, -0.2) is 4.98 Å². The number of aryl methyl sites for hydroxylation is 2. The summed E-state index contributed by atoms with van der Waals surface area (Å²) >= 11 is 0. The van der Waals surface area contributed by atoms with E-state index in [1.54, 1.807) is 0 Å². The molecule has 1 atom stereocenters. The van der Waals surface area contributed by atoms with Crippen molar-refractivity contribution in [3.05, 3.63) is 77.0 Å². The molecule has 1 heteroatoms. The fraction of sp³-hybridized carbons (Fsp3) is 0.286. The lowest BCUT2D eigenvalue weighted by Crippen LogP contribution is -2.09. The van der Waals surface area contributed by atoms with E-state index in [1.807, 2.05) is 12.3 Å². The summed E-state index contributed by atoms with van der Waals surface area (Å²) in [5.41, 5.74) is 6.52. The van der Waals surface area contributed by atoms with Crippen LogP contribution >= 0.6 is 0 Å². The molecule has 3 rings (SSSR count). The highest BCUT2D eigenvalue weighted by Crippen LogP contribution is 2.34. The Morgan fingerprint density at radius 2 is 1.55 bits per heavy atom. The summed E-state index contributed by atoms with van der Waals surface area (Å²) in [4.78, 5) is 4.43. The third-order valence-corrected chi connectivity index (χ3v) is 4.26. The highest BCUT2D eigenvalue weighted by atomic mass is 14.6. The summed E-state index contributed by atoms with van der Waals surface area (Å²) in [5, 5.41) is 1.22. The summed E-state index contributed by atoms with van der Waals surface area (Å²) in [7, 11) is 0.